The van der Waals surface area contributed by atoms with Gasteiger partial charge in [0.1, 0.15) is 0 Å². The van der Waals surface area contributed by atoms with E-state index in [1.165, 1.54) is 11.8 Å². The van der Waals surface area contributed by atoms with Gasteiger partial charge >= 0.3 is 0 Å². The van der Waals surface area contributed by atoms with Crippen molar-refractivity contribution in [3.63, 3.8) is 0 Å². The summed E-state index contributed by atoms with van der Waals surface area (Å²) in [5.41, 5.74) is 7.04. The van der Waals surface area contributed by atoms with E-state index in [9.17, 15) is 4.79 Å². The Labute approximate surface area is 137 Å². The first kappa shape index (κ1) is 16.1. The molecule has 2 aromatic carbocycles. The molecule has 2 rings (SSSR count). The molecule has 0 saturated carbocycles. The smallest absolute Gasteiger partial charge is 0.234 e. The largest absolute Gasteiger partial charge is 0.398 e. The van der Waals surface area contributed by atoms with Gasteiger partial charge in [0.15, 0.2) is 0 Å². The molecule has 0 bridgehead atoms. The number of carbonyl (C=O) groups excluding carboxylic acids is 1. The number of amides is 1. The lowest BCUT2D eigenvalue weighted by molar-refractivity contribution is -0.113. The molecule has 0 heterocycles. The molecule has 3 N–H and O–H groups in total. The van der Waals surface area contributed by atoms with Crippen LogP contribution in [0.2, 0.25) is 5.02 Å². The molecule has 110 valence electrons. The number of rotatable bonds is 5. The highest BCUT2D eigenvalue weighted by Crippen LogP contribution is 2.27. The molecule has 0 aliphatic heterocycles. The summed E-state index contributed by atoms with van der Waals surface area (Å²) < 4.78 is 0. The maximum atomic E-state index is 12.0. The number of hydrogen-bond donors (Lipinski definition) is 2. The van der Waals surface area contributed by atoms with Gasteiger partial charge < -0.3 is 11.1 Å². The van der Waals surface area contributed by atoms with Crippen LogP contribution in [0.3, 0.4) is 0 Å². The van der Waals surface area contributed by atoms with Gasteiger partial charge in [-0.15, -0.1) is 23.5 Å². The van der Waals surface area contributed by atoms with Gasteiger partial charge in [0.05, 0.1) is 22.2 Å². The number of nitrogen functional groups attached to an aromatic ring is 1. The van der Waals surface area contributed by atoms with Gasteiger partial charge in [0.25, 0.3) is 0 Å². The van der Waals surface area contributed by atoms with Crippen molar-refractivity contribution in [3.8, 4) is 0 Å². The Morgan fingerprint density at radius 3 is 2.76 bits per heavy atom. The number of para-hydroxylation sites is 1. The molecule has 6 heteroatoms. The Morgan fingerprint density at radius 2 is 2.05 bits per heavy atom. The summed E-state index contributed by atoms with van der Waals surface area (Å²) in [6.45, 7) is 0. The summed E-state index contributed by atoms with van der Waals surface area (Å²) in [7, 11) is 0. The van der Waals surface area contributed by atoms with Crippen molar-refractivity contribution in [2.45, 2.75) is 9.79 Å². The Morgan fingerprint density at radius 1 is 1.29 bits per heavy atom. The summed E-state index contributed by atoms with van der Waals surface area (Å²) in [6, 6.07) is 13.1. The van der Waals surface area contributed by atoms with Crippen LogP contribution in [0.1, 0.15) is 0 Å². The molecule has 1 amide bonds. The Hall–Kier alpha value is -1.30. The molecule has 0 aliphatic carbocycles. The number of anilines is 2. The number of nitrogens with one attached hydrogen (secondary N) is 1. The van der Waals surface area contributed by atoms with Gasteiger partial charge in [-0.2, -0.15) is 0 Å². The third kappa shape index (κ3) is 4.59. The minimum Gasteiger partial charge on any atom is -0.398 e. The zero-order chi connectivity index (χ0) is 15.2. The molecule has 0 aromatic heterocycles. The average molecular weight is 339 g/mol. The topological polar surface area (TPSA) is 55.1 Å². The first-order valence-corrected chi connectivity index (χ1v) is 8.79. The van der Waals surface area contributed by atoms with Crippen LogP contribution >= 0.6 is 35.1 Å². The fourth-order valence-corrected chi connectivity index (χ4v) is 3.21. The van der Waals surface area contributed by atoms with E-state index in [4.69, 9.17) is 17.3 Å². The number of nitrogens with two attached hydrogens (primary N) is 1. The molecule has 21 heavy (non-hydrogen) atoms. The highest BCUT2D eigenvalue weighted by Gasteiger charge is 2.07. The minimum atomic E-state index is -0.0468. The van der Waals surface area contributed by atoms with Gasteiger partial charge in [-0.25, -0.2) is 0 Å². The van der Waals surface area contributed by atoms with Crippen molar-refractivity contribution in [2.75, 3.05) is 23.1 Å². The number of benzene rings is 2. The van der Waals surface area contributed by atoms with Crippen LogP contribution < -0.4 is 11.1 Å². The van der Waals surface area contributed by atoms with Crippen molar-refractivity contribution < 1.29 is 4.79 Å². The van der Waals surface area contributed by atoms with Crippen LogP contribution in [0.25, 0.3) is 0 Å². The van der Waals surface area contributed by atoms with E-state index in [0.29, 0.717) is 16.5 Å². The maximum Gasteiger partial charge on any atom is 0.234 e. The Bertz CT molecular complexity index is 649. The quantitative estimate of drug-likeness (QED) is 0.627. The lowest BCUT2D eigenvalue weighted by atomic mass is 10.3. The van der Waals surface area contributed by atoms with Gasteiger partial charge in [-0.05, 0) is 36.6 Å². The van der Waals surface area contributed by atoms with Crippen molar-refractivity contribution in [3.05, 3.63) is 47.5 Å². The summed E-state index contributed by atoms with van der Waals surface area (Å²) in [6.07, 6.45) is 1.98. The van der Waals surface area contributed by atoms with Crippen LogP contribution in [-0.4, -0.2) is 17.9 Å². The molecule has 0 fully saturated rings. The Kier molecular flexibility index (Phi) is 5.85. The van der Waals surface area contributed by atoms with Crippen molar-refractivity contribution in [1.82, 2.24) is 0 Å². The van der Waals surface area contributed by atoms with E-state index in [0.717, 1.165) is 15.5 Å². The van der Waals surface area contributed by atoms with Gasteiger partial charge in [-0.1, -0.05) is 23.7 Å². The van der Waals surface area contributed by atoms with Crippen LogP contribution in [-0.2, 0) is 4.79 Å². The fourth-order valence-electron chi connectivity index (χ4n) is 1.68. The molecule has 0 radical (unpaired) electrons. The molecule has 0 unspecified atom stereocenters. The molecule has 0 spiro atoms. The highest BCUT2D eigenvalue weighted by atomic mass is 35.5. The van der Waals surface area contributed by atoms with Crippen molar-refractivity contribution in [2.24, 2.45) is 0 Å². The summed E-state index contributed by atoms with van der Waals surface area (Å²) in [5, 5.41) is 3.43. The van der Waals surface area contributed by atoms with E-state index in [1.54, 1.807) is 23.9 Å². The Balaban J connectivity index is 1.94. The molecule has 2 aromatic rings. The van der Waals surface area contributed by atoms with Gasteiger partial charge in [0, 0.05) is 9.79 Å². The predicted octanol–water partition coefficient (Wildman–Crippen LogP) is 4.37. The average Bonchev–Trinajstić information content (AvgIpc) is 2.49. The molecule has 0 aliphatic rings. The molecule has 0 atom stereocenters. The maximum absolute atomic E-state index is 12.0. The van der Waals surface area contributed by atoms with Crippen LogP contribution in [0.5, 0.6) is 0 Å². The third-order valence-electron chi connectivity index (χ3n) is 2.72. The fraction of sp³-hybridized carbons (Fsp3) is 0.133. The normalized spacial score (nSPS) is 10.4. The van der Waals surface area contributed by atoms with E-state index in [2.05, 4.69) is 5.32 Å². The first-order valence-electron chi connectivity index (χ1n) is 6.21. The van der Waals surface area contributed by atoms with E-state index >= 15 is 0 Å². The first-order chi connectivity index (χ1) is 10.1. The summed E-state index contributed by atoms with van der Waals surface area (Å²) >= 11 is 8.98. The van der Waals surface area contributed by atoms with Crippen molar-refractivity contribution in [1.29, 1.82) is 0 Å². The van der Waals surface area contributed by atoms with Crippen LogP contribution in [0, 0.1) is 0 Å². The molecule has 3 nitrogen and oxygen atoms in total. The SMILES string of the molecule is CSc1ccccc1NC(=O)CSc1ccc(N)c(Cl)c1. The summed E-state index contributed by atoms with van der Waals surface area (Å²) in [5.74, 6) is 0.276. The van der Waals surface area contributed by atoms with E-state index in [1.807, 2.05) is 36.6 Å². The summed E-state index contributed by atoms with van der Waals surface area (Å²) in [4.78, 5) is 14.0. The second-order valence-electron chi connectivity index (χ2n) is 4.22. The highest BCUT2D eigenvalue weighted by molar-refractivity contribution is 8.00. The molecular formula is C15H15ClN2OS2. The second kappa shape index (κ2) is 7.64. The van der Waals surface area contributed by atoms with Crippen LogP contribution in [0.4, 0.5) is 11.4 Å². The monoisotopic (exact) mass is 338 g/mol. The number of halogens is 1. The number of thioether (sulfide) groups is 2. The molecule has 0 saturated heterocycles. The predicted molar refractivity (Wildman–Crippen MR) is 93.4 cm³/mol. The van der Waals surface area contributed by atoms with Crippen LogP contribution in [0.15, 0.2) is 52.3 Å². The second-order valence-corrected chi connectivity index (χ2v) is 6.52. The number of carbonyl (C=O) groups is 1. The van der Waals surface area contributed by atoms with Gasteiger partial charge in [0.2, 0.25) is 5.91 Å². The standard InChI is InChI=1S/C15H15ClN2OS2/c1-20-14-5-3-2-4-13(14)18-15(19)9-21-10-6-7-12(17)11(16)8-10/h2-8H,9,17H2,1H3,(H,18,19). The van der Waals surface area contributed by atoms with E-state index in [-0.39, 0.29) is 5.91 Å². The minimum absolute atomic E-state index is 0.0468. The zero-order valence-corrected chi connectivity index (χ0v) is 13.8. The van der Waals surface area contributed by atoms with Crippen molar-refractivity contribution >= 4 is 52.4 Å². The zero-order valence-electron chi connectivity index (χ0n) is 11.4. The molecular weight excluding hydrogens is 324 g/mol. The number of hydrogen-bond acceptors (Lipinski definition) is 4. The van der Waals surface area contributed by atoms with E-state index < -0.39 is 0 Å². The lowest BCUT2D eigenvalue weighted by Gasteiger charge is -2.09. The van der Waals surface area contributed by atoms with Gasteiger partial charge in [-0.3, -0.25) is 4.79 Å². The lowest BCUT2D eigenvalue weighted by Crippen LogP contribution is -2.14. The third-order valence-corrected chi connectivity index (χ3v) is 4.84.